The minimum atomic E-state index is -0.318. The summed E-state index contributed by atoms with van der Waals surface area (Å²) in [6, 6.07) is 9.76. The molecule has 2 aromatic rings. The predicted molar refractivity (Wildman–Crippen MR) is 136 cm³/mol. The van der Waals surface area contributed by atoms with Crippen LogP contribution < -0.4 is 14.2 Å². The molecule has 1 heterocycles. The summed E-state index contributed by atoms with van der Waals surface area (Å²) in [6.45, 7) is 6.65. The molecule has 1 aliphatic heterocycles. The van der Waals surface area contributed by atoms with Gasteiger partial charge in [-0.1, -0.05) is 26.0 Å². The number of imide groups is 1. The molecule has 0 spiro atoms. The fourth-order valence-corrected chi connectivity index (χ4v) is 5.07. The minimum absolute atomic E-state index is 0.191. The average molecular weight is 567 g/mol. The number of methoxy groups -OCH3 is 2. The second kappa shape index (κ2) is 10.6. The molecule has 2 amide bonds. The van der Waals surface area contributed by atoms with Crippen LogP contribution in [0.15, 0.2) is 35.2 Å². The summed E-state index contributed by atoms with van der Waals surface area (Å²) >= 11 is 3.08. The van der Waals surface area contributed by atoms with Crippen molar-refractivity contribution in [2.45, 2.75) is 26.7 Å². The van der Waals surface area contributed by atoms with Gasteiger partial charge >= 0.3 is 0 Å². The van der Waals surface area contributed by atoms with Gasteiger partial charge in [0.05, 0.1) is 29.2 Å². The zero-order chi connectivity index (χ0) is 23.4. The second-order valence-corrected chi connectivity index (χ2v) is 9.77. The first-order valence-electron chi connectivity index (χ1n) is 10.1. The molecule has 1 fully saturated rings. The summed E-state index contributed by atoms with van der Waals surface area (Å²) in [5.41, 5.74) is 2.96. The highest BCUT2D eigenvalue weighted by molar-refractivity contribution is 14.1. The van der Waals surface area contributed by atoms with Gasteiger partial charge in [-0.25, -0.2) is 0 Å². The van der Waals surface area contributed by atoms with Crippen LogP contribution in [0.5, 0.6) is 17.2 Å². The van der Waals surface area contributed by atoms with Gasteiger partial charge in [0.2, 0.25) is 0 Å². The van der Waals surface area contributed by atoms with Crippen molar-refractivity contribution in [1.82, 2.24) is 4.90 Å². The van der Waals surface area contributed by atoms with Crippen molar-refractivity contribution >= 4 is 51.6 Å². The molecular formula is C24H26INO5S. The summed E-state index contributed by atoms with van der Waals surface area (Å²) in [5.74, 6) is 1.99. The predicted octanol–water partition coefficient (Wildman–Crippen LogP) is 5.86. The van der Waals surface area contributed by atoms with Gasteiger partial charge in [-0.15, -0.1) is 0 Å². The number of amides is 2. The van der Waals surface area contributed by atoms with Crippen LogP contribution in [0.4, 0.5) is 4.79 Å². The number of nitrogens with zero attached hydrogens (tertiary/aromatic N) is 1. The molecule has 8 heteroatoms. The smallest absolute Gasteiger partial charge is 0.293 e. The fourth-order valence-electron chi connectivity index (χ4n) is 3.36. The Labute approximate surface area is 206 Å². The highest BCUT2D eigenvalue weighted by atomic mass is 127. The Morgan fingerprint density at radius 2 is 1.84 bits per heavy atom. The van der Waals surface area contributed by atoms with E-state index in [-0.39, 0.29) is 24.3 Å². The third kappa shape index (κ3) is 5.40. The lowest BCUT2D eigenvalue weighted by molar-refractivity contribution is -0.123. The van der Waals surface area contributed by atoms with Gasteiger partial charge in [-0.05, 0) is 88.2 Å². The van der Waals surface area contributed by atoms with Crippen LogP contribution in [-0.2, 0) is 4.79 Å². The minimum Gasteiger partial charge on any atom is -0.493 e. The monoisotopic (exact) mass is 567 g/mol. The largest absolute Gasteiger partial charge is 0.493 e. The van der Waals surface area contributed by atoms with Crippen LogP contribution in [0.25, 0.3) is 6.08 Å². The number of thioether (sulfide) groups is 1. The van der Waals surface area contributed by atoms with Gasteiger partial charge in [0.1, 0.15) is 12.4 Å². The summed E-state index contributed by atoms with van der Waals surface area (Å²) in [6.07, 6.45) is 1.70. The quantitative estimate of drug-likeness (QED) is 0.295. The van der Waals surface area contributed by atoms with Crippen molar-refractivity contribution in [3.8, 4) is 17.2 Å². The highest BCUT2D eigenvalue weighted by Crippen LogP contribution is 2.37. The van der Waals surface area contributed by atoms with E-state index >= 15 is 0 Å². The lowest BCUT2D eigenvalue weighted by Gasteiger charge is -2.17. The van der Waals surface area contributed by atoms with E-state index in [0.717, 1.165) is 37.8 Å². The van der Waals surface area contributed by atoms with Crippen molar-refractivity contribution in [2.75, 3.05) is 27.4 Å². The van der Waals surface area contributed by atoms with Crippen LogP contribution >= 0.6 is 34.4 Å². The van der Waals surface area contributed by atoms with E-state index in [2.05, 4.69) is 48.6 Å². The molecule has 3 rings (SSSR count). The Morgan fingerprint density at radius 3 is 2.50 bits per heavy atom. The maximum Gasteiger partial charge on any atom is 0.293 e. The maximum absolute atomic E-state index is 12.9. The first-order valence-corrected chi connectivity index (χ1v) is 12.0. The second-order valence-electron chi connectivity index (χ2n) is 7.62. The van der Waals surface area contributed by atoms with Crippen molar-refractivity contribution in [3.05, 3.63) is 55.5 Å². The number of carbonyl (C=O) groups is 2. The number of halogens is 1. The van der Waals surface area contributed by atoms with Crippen LogP contribution in [0.1, 0.15) is 36.5 Å². The Hall–Kier alpha value is -2.20. The number of benzene rings is 2. The Morgan fingerprint density at radius 1 is 1.09 bits per heavy atom. The lowest BCUT2D eigenvalue weighted by atomic mass is 10.0. The molecule has 0 saturated carbocycles. The Balaban J connectivity index is 1.72. The third-order valence-corrected chi connectivity index (χ3v) is 6.70. The lowest BCUT2D eigenvalue weighted by Crippen LogP contribution is -2.32. The first-order chi connectivity index (χ1) is 15.2. The van der Waals surface area contributed by atoms with Gasteiger partial charge in [0.15, 0.2) is 11.5 Å². The highest BCUT2D eigenvalue weighted by Gasteiger charge is 2.35. The summed E-state index contributed by atoms with van der Waals surface area (Å²) < 4.78 is 17.5. The zero-order valence-electron chi connectivity index (χ0n) is 18.7. The molecule has 0 aliphatic carbocycles. The van der Waals surface area contributed by atoms with E-state index in [1.807, 2.05) is 19.1 Å². The van der Waals surface area contributed by atoms with E-state index in [9.17, 15) is 9.59 Å². The van der Waals surface area contributed by atoms with Crippen molar-refractivity contribution < 1.29 is 23.8 Å². The Kier molecular flexibility index (Phi) is 8.10. The van der Waals surface area contributed by atoms with Crippen LogP contribution in [0, 0.1) is 10.5 Å². The number of rotatable bonds is 8. The molecule has 0 radical (unpaired) electrons. The van der Waals surface area contributed by atoms with Crippen LogP contribution in [0.2, 0.25) is 0 Å². The average Bonchev–Trinajstić information content (AvgIpc) is 3.00. The van der Waals surface area contributed by atoms with Gasteiger partial charge in [-0.2, -0.15) is 0 Å². The maximum atomic E-state index is 12.9. The van der Waals surface area contributed by atoms with Crippen molar-refractivity contribution in [1.29, 1.82) is 0 Å². The molecule has 32 heavy (non-hydrogen) atoms. The molecule has 1 aliphatic rings. The molecule has 2 aromatic carbocycles. The van der Waals surface area contributed by atoms with E-state index in [4.69, 9.17) is 14.2 Å². The number of carbonyl (C=O) groups excluding carboxylic acids is 2. The van der Waals surface area contributed by atoms with E-state index in [0.29, 0.717) is 22.3 Å². The first kappa shape index (κ1) is 24.4. The van der Waals surface area contributed by atoms with E-state index in [1.165, 1.54) is 4.90 Å². The third-order valence-electron chi connectivity index (χ3n) is 4.99. The molecule has 0 N–H and O–H groups in total. The topological polar surface area (TPSA) is 65.1 Å². The van der Waals surface area contributed by atoms with Crippen molar-refractivity contribution in [3.63, 3.8) is 0 Å². The van der Waals surface area contributed by atoms with E-state index in [1.54, 1.807) is 26.4 Å². The molecule has 0 aromatic heterocycles. The SMILES string of the molecule is COc1cc(/C=C2\SC(=O)N(CCOc3cc(C)ccc3C(C)C)C2=O)cc(I)c1OC. The van der Waals surface area contributed by atoms with Crippen LogP contribution in [-0.4, -0.2) is 43.4 Å². The number of hydrogen-bond acceptors (Lipinski definition) is 6. The Bertz CT molecular complexity index is 1070. The molecule has 6 nitrogen and oxygen atoms in total. The van der Waals surface area contributed by atoms with Crippen LogP contribution in [0.3, 0.4) is 0 Å². The molecule has 170 valence electrons. The summed E-state index contributed by atoms with van der Waals surface area (Å²) in [5, 5.41) is -0.298. The molecule has 0 bridgehead atoms. The molecule has 1 saturated heterocycles. The van der Waals surface area contributed by atoms with Crippen molar-refractivity contribution in [2.24, 2.45) is 0 Å². The normalized spacial score (nSPS) is 15.1. The van der Waals surface area contributed by atoms with E-state index < -0.39 is 0 Å². The molecule has 0 atom stereocenters. The fraction of sp³-hybridized carbons (Fsp3) is 0.333. The van der Waals surface area contributed by atoms with Gasteiger partial charge in [0.25, 0.3) is 11.1 Å². The van der Waals surface area contributed by atoms with Gasteiger partial charge in [-0.3, -0.25) is 14.5 Å². The van der Waals surface area contributed by atoms with Gasteiger partial charge < -0.3 is 14.2 Å². The number of ether oxygens (including phenoxy) is 3. The molecule has 0 unspecified atom stereocenters. The molecular weight excluding hydrogens is 541 g/mol. The van der Waals surface area contributed by atoms with Gasteiger partial charge in [0, 0.05) is 0 Å². The summed E-state index contributed by atoms with van der Waals surface area (Å²) in [4.78, 5) is 26.9. The summed E-state index contributed by atoms with van der Waals surface area (Å²) in [7, 11) is 3.14. The number of aryl methyl sites for hydroxylation is 1. The standard InChI is InChI=1S/C24H26INO5S/c1-14(2)17-7-6-15(3)10-19(17)31-9-8-26-23(27)21(32-24(26)28)13-16-11-18(25)22(30-5)20(12-16)29-4/h6-7,10-14H,8-9H2,1-5H3/b21-13-. The number of hydrogen-bond donors (Lipinski definition) is 0. The zero-order valence-corrected chi connectivity index (χ0v) is 21.7.